The summed E-state index contributed by atoms with van der Waals surface area (Å²) in [5.74, 6) is 0.204. The Balaban J connectivity index is 1.90. The Morgan fingerprint density at radius 1 is 1.31 bits per heavy atom. The second kappa shape index (κ2) is 5.64. The minimum Gasteiger partial charge on any atom is -0.368 e. The van der Waals surface area contributed by atoms with Crippen LogP contribution in [-0.4, -0.2) is 42.6 Å². The summed E-state index contributed by atoms with van der Waals surface area (Å²) in [5, 5.41) is 0. The number of ether oxygens (including phenoxy) is 1. The molecule has 1 unspecified atom stereocenters. The van der Waals surface area contributed by atoms with Gasteiger partial charge in [0.05, 0.1) is 0 Å². The van der Waals surface area contributed by atoms with E-state index in [1.165, 1.54) is 6.42 Å². The van der Waals surface area contributed by atoms with Crippen LogP contribution in [0, 0.1) is 0 Å². The fourth-order valence-corrected chi connectivity index (χ4v) is 2.39. The molecule has 1 atom stereocenters. The molecule has 0 spiro atoms. The van der Waals surface area contributed by atoms with Gasteiger partial charge in [0, 0.05) is 19.2 Å². The molecule has 2 fully saturated rings. The van der Waals surface area contributed by atoms with Crippen molar-refractivity contribution in [3.05, 3.63) is 0 Å². The summed E-state index contributed by atoms with van der Waals surface area (Å²) >= 11 is 0. The SMILES string of the molecule is NCCCN(C(=O)C1CCCO1)C1CCC1. The van der Waals surface area contributed by atoms with Gasteiger partial charge in [0.15, 0.2) is 0 Å². The third-order valence-electron chi connectivity index (χ3n) is 3.61. The van der Waals surface area contributed by atoms with Gasteiger partial charge in [0.2, 0.25) is 0 Å². The lowest BCUT2D eigenvalue weighted by atomic mass is 9.91. The van der Waals surface area contributed by atoms with Gasteiger partial charge in [0.1, 0.15) is 6.10 Å². The molecule has 2 rings (SSSR count). The zero-order valence-electron chi connectivity index (χ0n) is 9.86. The van der Waals surface area contributed by atoms with E-state index in [9.17, 15) is 4.79 Å². The van der Waals surface area contributed by atoms with E-state index in [0.29, 0.717) is 12.6 Å². The topological polar surface area (TPSA) is 55.6 Å². The van der Waals surface area contributed by atoms with Crippen molar-refractivity contribution in [2.75, 3.05) is 19.7 Å². The highest BCUT2D eigenvalue weighted by molar-refractivity contribution is 5.81. The Morgan fingerprint density at radius 2 is 2.12 bits per heavy atom. The van der Waals surface area contributed by atoms with Crippen molar-refractivity contribution in [3.8, 4) is 0 Å². The molecule has 1 aliphatic heterocycles. The average molecular weight is 226 g/mol. The van der Waals surface area contributed by atoms with Gasteiger partial charge in [-0.15, -0.1) is 0 Å². The van der Waals surface area contributed by atoms with Crippen LogP contribution in [0.25, 0.3) is 0 Å². The molecule has 2 N–H and O–H groups in total. The van der Waals surface area contributed by atoms with E-state index in [2.05, 4.69) is 0 Å². The van der Waals surface area contributed by atoms with Gasteiger partial charge in [-0.05, 0) is 45.1 Å². The lowest BCUT2D eigenvalue weighted by Crippen LogP contribution is -2.49. The summed E-state index contributed by atoms with van der Waals surface area (Å²) in [6.07, 6.45) is 6.21. The van der Waals surface area contributed by atoms with Crippen LogP contribution < -0.4 is 5.73 Å². The van der Waals surface area contributed by atoms with Crippen LogP contribution in [-0.2, 0) is 9.53 Å². The zero-order chi connectivity index (χ0) is 11.4. The molecule has 4 heteroatoms. The normalized spacial score (nSPS) is 25.4. The van der Waals surface area contributed by atoms with Crippen molar-refractivity contribution < 1.29 is 9.53 Å². The highest BCUT2D eigenvalue weighted by Gasteiger charge is 2.34. The first-order valence-electron chi connectivity index (χ1n) is 6.45. The lowest BCUT2D eigenvalue weighted by Gasteiger charge is -2.38. The molecule has 1 heterocycles. The van der Waals surface area contributed by atoms with Crippen molar-refractivity contribution in [1.29, 1.82) is 0 Å². The second-order valence-electron chi connectivity index (χ2n) is 4.76. The third-order valence-corrected chi connectivity index (χ3v) is 3.61. The minimum atomic E-state index is -0.168. The molecule has 2 aliphatic rings. The number of rotatable bonds is 5. The first-order chi connectivity index (χ1) is 7.83. The summed E-state index contributed by atoms with van der Waals surface area (Å²) in [6, 6.07) is 0.461. The Kier molecular flexibility index (Phi) is 4.18. The van der Waals surface area contributed by atoms with Crippen molar-refractivity contribution in [2.45, 2.75) is 50.7 Å². The minimum absolute atomic E-state index is 0.168. The van der Waals surface area contributed by atoms with Crippen molar-refractivity contribution in [3.63, 3.8) is 0 Å². The van der Waals surface area contributed by atoms with E-state index in [1.54, 1.807) is 0 Å². The summed E-state index contributed by atoms with van der Waals surface area (Å²) in [7, 11) is 0. The highest BCUT2D eigenvalue weighted by atomic mass is 16.5. The molecule has 0 aromatic rings. The predicted octanol–water partition coefficient (Wildman–Crippen LogP) is 0.895. The Bertz CT molecular complexity index is 235. The molecule has 1 amide bonds. The molecular weight excluding hydrogens is 204 g/mol. The molecule has 1 saturated heterocycles. The maximum Gasteiger partial charge on any atom is 0.251 e. The van der Waals surface area contributed by atoms with E-state index in [-0.39, 0.29) is 12.0 Å². The standard InChI is InChI=1S/C12H22N2O2/c13-7-3-8-14(10-4-1-5-10)12(15)11-6-2-9-16-11/h10-11H,1-9,13H2. The summed E-state index contributed by atoms with van der Waals surface area (Å²) < 4.78 is 5.47. The second-order valence-corrected chi connectivity index (χ2v) is 4.76. The van der Waals surface area contributed by atoms with Gasteiger partial charge in [-0.3, -0.25) is 4.79 Å². The molecule has 0 aromatic heterocycles. The van der Waals surface area contributed by atoms with E-state index in [0.717, 1.165) is 45.3 Å². The van der Waals surface area contributed by atoms with Crippen LogP contribution in [0.15, 0.2) is 0 Å². The maximum absolute atomic E-state index is 12.2. The fourth-order valence-electron chi connectivity index (χ4n) is 2.39. The Morgan fingerprint density at radius 3 is 2.62 bits per heavy atom. The quantitative estimate of drug-likeness (QED) is 0.757. The number of nitrogens with zero attached hydrogens (tertiary/aromatic N) is 1. The van der Waals surface area contributed by atoms with Crippen molar-refractivity contribution in [1.82, 2.24) is 4.90 Å². The van der Waals surface area contributed by atoms with Crippen LogP contribution in [0.1, 0.15) is 38.5 Å². The smallest absolute Gasteiger partial charge is 0.251 e. The first-order valence-corrected chi connectivity index (χ1v) is 6.45. The summed E-state index contributed by atoms with van der Waals surface area (Å²) in [5.41, 5.74) is 5.52. The number of nitrogens with two attached hydrogens (primary N) is 1. The zero-order valence-corrected chi connectivity index (χ0v) is 9.86. The molecule has 0 bridgehead atoms. The first kappa shape index (κ1) is 11.9. The summed E-state index contributed by atoms with van der Waals surface area (Å²) in [6.45, 7) is 2.20. The lowest BCUT2D eigenvalue weighted by molar-refractivity contribution is -0.145. The largest absolute Gasteiger partial charge is 0.368 e. The van der Waals surface area contributed by atoms with Gasteiger partial charge in [-0.1, -0.05) is 0 Å². The van der Waals surface area contributed by atoms with Gasteiger partial charge < -0.3 is 15.4 Å². The third kappa shape index (κ3) is 2.55. The van der Waals surface area contributed by atoms with Gasteiger partial charge in [-0.25, -0.2) is 0 Å². The van der Waals surface area contributed by atoms with E-state index >= 15 is 0 Å². The van der Waals surface area contributed by atoms with Crippen LogP contribution in [0.5, 0.6) is 0 Å². The molecule has 4 nitrogen and oxygen atoms in total. The number of carbonyl (C=O) groups is 1. The number of hydrogen-bond donors (Lipinski definition) is 1. The molecule has 0 radical (unpaired) electrons. The van der Waals surface area contributed by atoms with Crippen LogP contribution in [0.3, 0.4) is 0 Å². The van der Waals surface area contributed by atoms with Gasteiger partial charge in [-0.2, -0.15) is 0 Å². The monoisotopic (exact) mass is 226 g/mol. The number of hydrogen-bond acceptors (Lipinski definition) is 3. The van der Waals surface area contributed by atoms with E-state index in [1.807, 2.05) is 4.90 Å². The van der Waals surface area contributed by atoms with Crippen LogP contribution in [0.2, 0.25) is 0 Å². The fraction of sp³-hybridized carbons (Fsp3) is 0.917. The van der Waals surface area contributed by atoms with Crippen LogP contribution >= 0.6 is 0 Å². The van der Waals surface area contributed by atoms with Gasteiger partial charge >= 0.3 is 0 Å². The highest BCUT2D eigenvalue weighted by Crippen LogP contribution is 2.27. The molecule has 1 saturated carbocycles. The summed E-state index contributed by atoms with van der Waals surface area (Å²) in [4.78, 5) is 14.3. The molecule has 92 valence electrons. The number of amides is 1. The van der Waals surface area contributed by atoms with Crippen molar-refractivity contribution in [2.24, 2.45) is 5.73 Å². The number of carbonyl (C=O) groups excluding carboxylic acids is 1. The van der Waals surface area contributed by atoms with E-state index in [4.69, 9.17) is 10.5 Å². The molecule has 0 aromatic carbocycles. The Hall–Kier alpha value is -0.610. The van der Waals surface area contributed by atoms with Crippen LogP contribution in [0.4, 0.5) is 0 Å². The van der Waals surface area contributed by atoms with Gasteiger partial charge in [0.25, 0.3) is 5.91 Å². The van der Waals surface area contributed by atoms with E-state index < -0.39 is 0 Å². The molecular formula is C12H22N2O2. The maximum atomic E-state index is 12.2. The van der Waals surface area contributed by atoms with Crippen molar-refractivity contribution >= 4 is 5.91 Å². The predicted molar refractivity (Wildman–Crippen MR) is 62.0 cm³/mol. The molecule has 16 heavy (non-hydrogen) atoms. The Labute approximate surface area is 97.1 Å². The molecule has 1 aliphatic carbocycles. The average Bonchev–Trinajstić information content (AvgIpc) is 2.73.